The largest absolute Gasteiger partial charge is 0.391 e. The summed E-state index contributed by atoms with van der Waals surface area (Å²) in [5, 5.41) is 12.8. The van der Waals surface area contributed by atoms with Crippen molar-refractivity contribution < 1.29 is 14.7 Å². The zero-order valence-electron chi connectivity index (χ0n) is 13.8. The van der Waals surface area contributed by atoms with Gasteiger partial charge in [0.15, 0.2) is 0 Å². The van der Waals surface area contributed by atoms with Crippen molar-refractivity contribution in [1.29, 1.82) is 0 Å². The predicted octanol–water partition coefficient (Wildman–Crippen LogP) is 1.37. The number of benzene rings is 1. The summed E-state index contributed by atoms with van der Waals surface area (Å²) in [6.45, 7) is 4.59. The minimum absolute atomic E-state index is 0.0387. The molecular formula is C19H24N2O3. The molecule has 1 aromatic carbocycles. The molecule has 1 aliphatic heterocycles. The molecule has 24 heavy (non-hydrogen) atoms. The average Bonchev–Trinajstić information content (AvgIpc) is 2.64. The Kier molecular flexibility index (Phi) is 4.71. The van der Waals surface area contributed by atoms with Crippen molar-refractivity contribution in [3.8, 4) is 0 Å². The third-order valence-electron chi connectivity index (χ3n) is 5.42. The summed E-state index contributed by atoms with van der Waals surface area (Å²) in [5.41, 5.74) is 0.330. The van der Waals surface area contributed by atoms with E-state index in [2.05, 4.69) is 11.9 Å². The van der Waals surface area contributed by atoms with E-state index in [1.807, 2.05) is 30.3 Å². The van der Waals surface area contributed by atoms with Crippen molar-refractivity contribution in [3.05, 3.63) is 48.6 Å². The maximum atomic E-state index is 13.1. The van der Waals surface area contributed by atoms with E-state index in [0.717, 1.165) is 18.4 Å². The lowest BCUT2D eigenvalue weighted by molar-refractivity contribution is -0.135. The molecule has 1 saturated heterocycles. The fourth-order valence-electron chi connectivity index (χ4n) is 3.60. The lowest BCUT2D eigenvalue weighted by atomic mass is 9.71. The molecule has 1 aromatic rings. The van der Waals surface area contributed by atoms with Crippen LogP contribution in [0.25, 0.3) is 0 Å². The Morgan fingerprint density at radius 1 is 1.21 bits per heavy atom. The number of carbonyl (C=O) groups excluding carboxylic acids is 2. The van der Waals surface area contributed by atoms with Crippen LogP contribution in [-0.4, -0.2) is 47.1 Å². The normalized spacial score (nSPS) is 25.5. The zero-order valence-corrected chi connectivity index (χ0v) is 13.8. The quantitative estimate of drug-likeness (QED) is 0.820. The number of carbonyl (C=O) groups is 2. The number of nitrogens with one attached hydrogen (secondary N) is 1. The van der Waals surface area contributed by atoms with Crippen LogP contribution in [0.2, 0.25) is 0 Å². The summed E-state index contributed by atoms with van der Waals surface area (Å²) in [4.78, 5) is 26.6. The van der Waals surface area contributed by atoms with Crippen molar-refractivity contribution in [2.24, 2.45) is 0 Å². The third kappa shape index (κ3) is 2.96. The van der Waals surface area contributed by atoms with Crippen LogP contribution in [0.15, 0.2) is 43.0 Å². The second kappa shape index (κ2) is 6.77. The first-order chi connectivity index (χ1) is 11.6. The fourth-order valence-corrected chi connectivity index (χ4v) is 3.60. The SMILES string of the molecule is C=CC(=O)N1CCC(C(=O)N[C@@H]2CC[C@H]2O)(c2ccccc2)CC1. The summed E-state index contributed by atoms with van der Waals surface area (Å²) in [6, 6.07) is 9.60. The van der Waals surface area contributed by atoms with Gasteiger partial charge in [0, 0.05) is 13.1 Å². The molecule has 5 nitrogen and oxygen atoms in total. The Morgan fingerprint density at radius 3 is 2.38 bits per heavy atom. The molecule has 2 N–H and O–H groups in total. The highest BCUT2D eigenvalue weighted by atomic mass is 16.3. The second-order valence-corrected chi connectivity index (χ2v) is 6.70. The lowest BCUT2D eigenvalue weighted by Gasteiger charge is -2.43. The van der Waals surface area contributed by atoms with Gasteiger partial charge in [-0.1, -0.05) is 36.9 Å². The number of hydrogen-bond acceptors (Lipinski definition) is 3. The minimum atomic E-state index is -0.644. The Bertz CT molecular complexity index is 621. The molecule has 0 aromatic heterocycles. The highest BCUT2D eigenvalue weighted by Crippen LogP contribution is 2.36. The molecular weight excluding hydrogens is 304 g/mol. The lowest BCUT2D eigenvalue weighted by Crippen LogP contribution is -2.58. The van der Waals surface area contributed by atoms with E-state index in [4.69, 9.17) is 0 Å². The van der Waals surface area contributed by atoms with Crippen LogP contribution in [-0.2, 0) is 15.0 Å². The van der Waals surface area contributed by atoms with Crippen LogP contribution in [0.4, 0.5) is 0 Å². The van der Waals surface area contributed by atoms with Crippen molar-refractivity contribution in [2.45, 2.75) is 43.2 Å². The standard InChI is InChI=1S/C19H24N2O3/c1-2-17(23)21-12-10-19(11-13-21,14-6-4-3-5-7-14)18(24)20-15-8-9-16(15)22/h2-7,15-16,22H,1,8-13H2,(H,20,24)/t15-,16-/m1/s1. The van der Waals surface area contributed by atoms with E-state index in [0.29, 0.717) is 25.9 Å². The first kappa shape index (κ1) is 16.7. The van der Waals surface area contributed by atoms with Gasteiger partial charge >= 0.3 is 0 Å². The van der Waals surface area contributed by atoms with Crippen molar-refractivity contribution in [2.75, 3.05) is 13.1 Å². The fraction of sp³-hybridized carbons (Fsp3) is 0.474. The molecule has 2 aliphatic rings. The molecule has 0 radical (unpaired) electrons. The molecule has 1 heterocycles. The van der Waals surface area contributed by atoms with Gasteiger partial charge in [-0.25, -0.2) is 0 Å². The van der Waals surface area contributed by atoms with Gasteiger partial charge in [0.25, 0.3) is 0 Å². The molecule has 3 rings (SSSR count). The van der Waals surface area contributed by atoms with Crippen molar-refractivity contribution >= 4 is 11.8 Å². The zero-order chi connectivity index (χ0) is 17.2. The first-order valence-corrected chi connectivity index (χ1v) is 8.53. The summed E-state index contributed by atoms with van der Waals surface area (Å²) in [7, 11) is 0. The van der Waals surface area contributed by atoms with E-state index in [-0.39, 0.29) is 17.9 Å². The molecule has 2 atom stereocenters. The molecule has 0 spiro atoms. The number of likely N-dealkylation sites (tertiary alicyclic amines) is 1. The van der Waals surface area contributed by atoms with Crippen LogP contribution < -0.4 is 5.32 Å². The number of hydrogen-bond donors (Lipinski definition) is 2. The molecule has 0 bridgehead atoms. The third-order valence-corrected chi connectivity index (χ3v) is 5.42. The Hall–Kier alpha value is -2.14. The maximum absolute atomic E-state index is 13.1. The molecule has 1 saturated carbocycles. The van der Waals surface area contributed by atoms with Gasteiger partial charge in [-0.15, -0.1) is 0 Å². The van der Waals surface area contributed by atoms with Crippen molar-refractivity contribution in [3.63, 3.8) is 0 Å². The monoisotopic (exact) mass is 328 g/mol. The van der Waals surface area contributed by atoms with E-state index in [1.165, 1.54) is 6.08 Å². The summed E-state index contributed by atoms with van der Waals surface area (Å²) in [5.74, 6) is -0.130. The van der Waals surface area contributed by atoms with Crippen LogP contribution in [0.5, 0.6) is 0 Å². The van der Waals surface area contributed by atoms with Gasteiger partial charge in [0.05, 0.1) is 17.6 Å². The predicted molar refractivity (Wildman–Crippen MR) is 91.3 cm³/mol. The first-order valence-electron chi connectivity index (χ1n) is 8.53. The molecule has 128 valence electrons. The van der Waals surface area contributed by atoms with Gasteiger partial charge in [0.1, 0.15) is 0 Å². The molecule has 5 heteroatoms. The van der Waals surface area contributed by atoms with E-state index < -0.39 is 11.5 Å². The molecule has 0 unspecified atom stereocenters. The number of aliphatic hydroxyl groups excluding tert-OH is 1. The topological polar surface area (TPSA) is 69.6 Å². The number of amides is 2. The average molecular weight is 328 g/mol. The number of nitrogens with zero attached hydrogens (tertiary/aromatic N) is 1. The minimum Gasteiger partial charge on any atom is -0.391 e. The summed E-state index contributed by atoms with van der Waals surface area (Å²) < 4.78 is 0. The highest BCUT2D eigenvalue weighted by Gasteiger charge is 2.45. The van der Waals surface area contributed by atoms with Gasteiger partial charge in [0.2, 0.25) is 11.8 Å². The van der Waals surface area contributed by atoms with Gasteiger partial charge in [-0.2, -0.15) is 0 Å². The Balaban J connectivity index is 1.82. The molecule has 2 fully saturated rings. The van der Waals surface area contributed by atoms with Gasteiger partial charge in [-0.3, -0.25) is 9.59 Å². The molecule has 1 aliphatic carbocycles. The summed E-state index contributed by atoms with van der Waals surface area (Å²) >= 11 is 0. The number of aliphatic hydroxyl groups is 1. The van der Waals surface area contributed by atoms with Crippen molar-refractivity contribution in [1.82, 2.24) is 10.2 Å². The van der Waals surface area contributed by atoms with Crippen LogP contribution in [0, 0.1) is 0 Å². The van der Waals surface area contributed by atoms with E-state index >= 15 is 0 Å². The number of piperidine rings is 1. The smallest absolute Gasteiger partial charge is 0.245 e. The van der Waals surface area contributed by atoms with Crippen LogP contribution in [0.3, 0.4) is 0 Å². The maximum Gasteiger partial charge on any atom is 0.245 e. The molecule has 2 amide bonds. The Morgan fingerprint density at radius 2 is 1.88 bits per heavy atom. The second-order valence-electron chi connectivity index (χ2n) is 6.70. The highest BCUT2D eigenvalue weighted by molar-refractivity contribution is 5.90. The summed E-state index contributed by atoms with van der Waals surface area (Å²) in [6.07, 6.45) is 3.59. The Labute approximate surface area is 142 Å². The number of rotatable bonds is 4. The van der Waals surface area contributed by atoms with Gasteiger partial charge in [-0.05, 0) is 37.3 Å². The van der Waals surface area contributed by atoms with E-state index in [1.54, 1.807) is 4.90 Å². The van der Waals surface area contributed by atoms with Crippen LogP contribution in [0.1, 0.15) is 31.2 Å². The van der Waals surface area contributed by atoms with Gasteiger partial charge < -0.3 is 15.3 Å². The van der Waals surface area contributed by atoms with E-state index in [9.17, 15) is 14.7 Å². The van der Waals surface area contributed by atoms with Crippen LogP contribution >= 0.6 is 0 Å².